The van der Waals surface area contributed by atoms with Gasteiger partial charge in [0.25, 0.3) is 0 Å². The molecule has 2 atom stereocenters. The number of nitrogens with one attached hydrogen (secondary N) is 1. The third-order valence-electron chi connectivity index (χ3n) is 2.14. The zero-order valence-corrected chi connectivity index (χ0v) is 7.93. The van der Waals surface area contributed by atoms with E-state index in [1.54, 1.807) is 6.92 Å². The highest BCUT2D eigenvalue weighted by Gasteiger charge is 2.25. The zero-order chi connectivity index (χ0) is 9.97. The number of hydrogen-bond donors (Lipinski definition) is 2. The molecule has 6 heteroatoms. The van der Waals surface area contributed by atoms with Gasteiger partial charge in [-0.1, -0.05) is 5.16 Å². The molecule has 2 N–H and O–H groups in total. The Balaban J connectivity index is 1.82. The predicted molar refractivity (Wildman–Crippen MR) is 46.5 cm³/mol. The first-order valence-electron chi connectivity index (χ1n) is 4.54. The Kier molecular flexibility index (Phi) is 2.76. The van der Waals surface area contributed by atoms with Crippen LogP contribution in [0.5, 0.6) is 0 Å². The fourth-order valence-electron chi connectivity index (χ4n) is 1.37. The minimum Gasteiger partial charge on any atom is -0.389 e. The van der Waals surface area contributed by atoms with Gasteiger partial charge in [-0.05, 0) is 6.92 Å². The van der Waals surface area contributed by atoms with E-state index < -0.39 is 6.10 Å². The maximum atomic E-state index is 9.42. The molecule has 14 heavy (non-hydrogen) atoms. The van der Waals surface area contributed by atoms with Crippen molar-refractivity contribution >= 4 is 0 Å². The Labute approximate surface area is 81.3 Å². The van der Waals surface area contributed by atoms with Gasteiger partial charge in [0.2, 0.25) is 5.89 Å². The number of rotatable bonds is 3. The number of aromatic nitrogens is 2. The Morgan fingerprint density at radius 1 is 1.57 bits per heavy atom. The molecular weight excluding hydrogens is 186 g/mol. The number of aliphatic hydroxyl groups is 1. The van der Waals surface area contributed by atoms with Gasteiger partial charge in [-0.15, -0.1) is 0 Å². The molecule has 78 valence electrons. The van der Waals surface area contributed by atoms with Crippen LogP contribution in [0.2, 0.25) is 0 Å². The summed E-state index contributed by atoms with van der Waals surface area (Å²) in [5.74, 6) is 1.15. The molecule has 2 rings (SSSR count). The van der Waals surface area contributed by atoms with E-state index in [0.29, 0.717) is 31.5 Å². The van der Waals surface area contributed by atoms with E-state index >= 15 is 0 Å². The fraction of sp³-hybridized carbons (Fsp3) is 0.750. The maximum absolute atomic E-state index is 9.42. The van der Waals surface area contributed by atoms with Crippen LogP contribution in [0.25, 0.3) is 0 Å². The molecule has 0 radical (unpaired) electrons. The highest BCUT2D eigenvalue weighted by Crippen LogP contribution is 2.06. The number of ether oxygens (including phenoxy) is 1. The second-order valence-corrected chi connectivity index (χ2v) is 3.33. The van der Waals surface area contributed by atoms with Crippen molar-refractivity contribution < 1.29 is 14.4 Å². The molecule has 0 saturated carbocycles. The van der Waals surface area contributed by atoms with Crippen molar-refractivity contribution in [2.24, 2.45) is 0 Å². The third kappa shape index (κ3) is 2.09. The van der Waals surface area contributed by atoms with Gasteiger partial charge >= 0.3 is 0 Å². The van der Waals surface area contributed by atoms with Gasteiger partial charge in [0.1, 0.15) is 0 Å². The standard InChI is InChI=1S/C8H13N3O3/c1-5-10-8(14-11-5)2-9-6-3-13-4-7(6)12/h6-7,9,12H,2-4H2,1H3. The van der Waals surface area contributed by atoms with Crippen molar-refractivity contribution in [1.82, 2.24) is 15.5 Å². The lowest BCUT2D eigenvalue weighted by molar-refractivity contribution is 0.122. The van der Waals surface area contributed by atoms with E-state index in [1.165, 1.54) is 0 Å². The summed E-state index contributed by atoms with van der Waals surface area (Å²) in [6, 6.07) is -0.0396. The highest BCUT2D eigenvalue weighted by molar-refractivity contribution is 4.86. The normalized spacial score (nSPS) is 27.0. The van der Waals surface area contributed by atoms with E-state index in [4.69, 9.17) is 9.26 Å². The van der Waals surface area contributed by atoms with Crippen molar-refractivity contribution in [3.63, 3.8) is 0 Å². The predicted octanol–water partition coefficient (Wildman–Crippen LogP) is -0.773. The summed E-state index contributed by atoms with van der Waals surface area (Å²) in [4.78, 5) is 4.03. The van der Waals surface area contributed by atoms with Crippen LogP contribution >= 0.6 is 0 Å². The molecule has 0 aromatic carbocycles. The second kappa shape index (κ2) is 4.04. The number of aliphatic hydroxyl groups excluding tert-OH is 1. The summed E-state index contributed by atoms with van der Waals surface area (Å²) < 4.78 is 10.00. The molecule has 2 heterocycles. The third-order valence-corrected chi connectivity index (χ3v) is 2.14. The first-order valence-corrected chi connectivity index (χ1v) is 4.54. The SMILES string of the molecule is Cc1noc(CNC2COCC2O)n1. The van der Waals surface area contributed by atoms with Crippen molar-refractivity contribution in [3.8, 4) is 0 Å². The van der Waals surface area contributed by atoms with E-state index in [2.05, 4.69) is 15.5 Å². The lowest BCUT2D eigenvalue weighted by Crippen LogP contribution is -2.38. The second-order valence-electron chi connectivity index (χ2n) is 3.33. The molecule has 6 nitrogen and oxygen atoms in total. The molecule has 0 bridgehead atoms. The van der Waals surface area contributed by atoms with Crippen LogP contribution < -0.4 is 5.32 Å². The van der Waals surface area contributed by atoms with Gasteiger partial charge in [-0.25, -0.2) is 0 Å². The molecule has 1 aromatic rings. The minimum atomic E-state index is -0.445. The van der Waals surface area contributed by atoms with Crippen LogP contribution in [0.1, 0.15) is 11.7 Å². The molecule has 1 saturated heterocycles. The summed E-state index contributed by atoms with van der Waals surface area (Å²) in [5.41, 5.74) is 0. The molecule has 1 aromatic heterocycles. The average Bonchev–Trinajstić information content (AvgIpc) is 2.72. The molecular formula is C8H13N3O3. The Bertz CT molecular complexity index is 302. The van der Waals surface area contributed by atoms with Gasteiger partial charge < -0.3 is 19.7 Å². The summed E-state index contributed by atoms with van der Waals surface area (Å²) in [7, 11) is 0. The van der Waals surface area contributed by atoms with Crippen LogP contribution in [0.15, 0.2) is 4.52 Å². The van der Waals surface area contributed by atoms with Crippen LogP contribution in [0.4, 0.5) is 0 Å². The molecule has 2 unspecified atom stereocenters. The van der Waals surface area contributed by atoms with Crippen molar-refractivity contribution in [2.45, 2.75) is 25.6 Å². The smallest absolute Gasteiger partial charge is 0.240 e. The lowest BCUT2D eigenvalue weighted by Gasteiger charge is -2.12. The zero-order valence-electron chi connectivity index (χ0n) is 7.93. The van der Waals surface area contributed by atoms with Gasteiger partial charge in [-0.2, -0.15) is 4.98 Å². The minimum absolute atomic E-state index is 0.0396. The molecule has 0 aliphatic carbocycles. The van der Waals surface area contributed by atoms with Gasteiger partial charge in [0.05, 0.1) is 31.9 Å². The van der Waals surface area contributed by atoms with Crippen LogP contribution in [0, 0.1) is 6.92 Å². The molecule has 0 amide bonds. The maximum Gasteiger partial charge on any atom is 0.240 e. The first kappa shape index (κ1) is 9.57. The summed E-state index contributed by atoms with van der Waals surface area (Å²) >= 11 is 0. The summed E-state index contributed by atoms with van der Waals surface area (Å²) in [5, 5.41) is 16.2. The monoisotopic (exact) mass is 199 g/mol. The average molecular weight is 199 g/mol. The largest absolute Gasteiger partial charge is 0.389 e. The molecule has 1 aliphatic heterocycles. The molecule has 0 spiro atoms. The summed E-state index contributed by atoms with van der Waals surface area (Å²) in [6.45, 7) is 3.14. The first-order chi connectivity index (χ1) is 6.75. The number of nitrogens with zero attached hydrogens (tertiary/aromatic N) is 2. The van der Waals surface area contributed by atoms with Crippen LogP contribution in [-0.2, 0) is 11.3 Å². The van der Waals surface area contributed by atoms with Crippen molar-refractivity contribution in [2.75, 3.05) is 13.2 Å². The Morgan fingerprint density at radius 2 is 2.43 bits per heavy atom. The topological polar surface area (TPSA) is 80.4 Å². The van der Waals surface area contributed by atoms with Crippen LogP contribution in [-0.4, -0.2) is 40.6 Å². The van der Waals surface area contributed by atoms with E-state index in [1.807, 2.05) is 0 Å². The lowest BCUT2D eigenvalue weighted by atomic mass is 10.2. The quantitative estimate of drug-likeness (QED) is 0.665. The van der Waals surface area contributed by atoms with Crippen LogP contribution in [0.3, 0.4) is 0 Å². The van der Waals surface area contributed by atoms with Gasteiger partial charge in [-0.3, -0.25) is 0 Å². The fourth-order valence-corrected chi connectivity index (χ4v) is 1.37. The highest BCUT2D eigenvalue weighted by atomic mass is 16.5. The van der Waals surface area contributed by atoms with Gasteiger partial charge in [0.15, 0.2) is 5.82 Å². The van der Waals surface area contributed by atoms with E-state index in [0.717, 1.165) is 0 Å². The van der Waals surface area contributed by atoms with Crippen molar-refractivity contribution in [1.29, 1.82) is 0 Å². The number of aryl methyl sites for hydroxylation is 1. The molecule has 1 aliphatic rings. The van der Waals surface area contributed by atoms with Gasteiger partial charge in [0, 0.05) is 0 Å². The Morgan fingerprint density at radius 3 is 3.00 bits per heavy atom. The van der Waals surface area contributed by atoms with E-state index in [-0.39, 0.29) is 6.04 Å². The van der Waals surface area contributed by atoms with Crippen molar-refractivity contribution in [3.05, 3.63) is 11.7 Å². The Hall–Kier alpha value is -0.980. The number of hydrogen-bond acceptors (Lipinski definition) is 6. The van der Waals surface area contributed by atoms with E-state index in [9.17, 15) is 5.11 Å². The summed E-state index contributed by atoms with van der Waals surface area (Å²) in [6.07, 6.45) is -0.445. The molecule has 1 fully saturated rings.